The highest BCUT2D eigenvalue weighted by Crippen LogP contribution is 2.40. The summed E-state index contributed by atoms with van der Waals surface area (Å²) in [6.45, 7) is 26.5. The Hall–Kier alpha value is -12.4. The van der Waals surface area contributed by atoms with E-state index in [-0.39, 0.29) is 101 Å². The van der Waals surface area contributed by atoms with E-state index in [0.29, 0.717) is 78.4 Å². The summed E-state index contributed by atoms with van der Waals surface area (Å²) in [4.78, 5) is 125. The van der Waals surface area contributed by atoms with Crippen LogP contribution in [0.15, 0.2) is 130 Å². The smallest absolute Gasteiger partial charge is 0.410 e. The molecule has 5 aliphatic rings. The number of ketones is 1. The lowest BCUT2D eigenvalue weighted by molar-refractivity contribution is -0.148. The van der Waals surface area contributed by atoms with E-state index in [1.165, 1.54) is 37.3 Å². The van der Waals surface area contributed by atoms with Crippen molar-refractivity contribution in [2.45, 2.75) is 265 Å². The summed E-state index contributed by atoms with van der Waals surface area (Å²) in [6, 6.07) is 29.9. The predicted molar refractivity (Wildman–Crippen MR) is 481 cm³/mol. The molecule has 5 aliphatic carbocycles. The summed E-state index contributed by atoms with van der Waals surface area (Å²) >= 11 is 4.99. The first-order valence-electron chi connectivity index (χ1n) is 42.8. The number of aliphatic carboxylic acids is 1. The highest BCUT2D eigenvalue weighted by molar-refractivity contribution is 6.27. The molecule has 0 aliphatic heterocycles. The van der Waals surface area contributed by atoms with Crippen LogP contribution in [-0.4, -0.2) is 223 Å². The number of alkyl halides is 1. The van der Waals surface area contributed by atoms with Crippen molar-refractivity contribution in [3.8, 4) is 22.9 Å². The number of fused-ring (bicyclic) bond motifs is 2. The molecule has 10 atom stereocenters. The number of ether oxygens (including phenoxy) is 3. The zero-order valence-electron chi connectivity index (χ0n) is 77.4. The first-order valence-corrected chi connectivity index (χ1v) is 43.4. The Balaban J connectivity index is 0.000000211. The number of nitrogens with two attached hydrogens (primary N) is 2. The molecule has 4 aromatic carbocycles. The zero-order valence-corrected chi connectivity index (χ0v) is 78.2. The maximum absolute atomic E-state index is 13.0. The van der Waals surface area contributed by atoms with E-state index in [1.54, 1.807) is 50.0 Å². The molecule has 8 unspecified atom stereocenters. The van der Waals surface area contributed by atoms with Crippen molar-refractivity contribution in [3.05, 3.63) is 143 Å². The Morgan fingerprint density at radius 1 is 0.481 bits per heavy atom. The molecule has 37 nitrogen and oxygen atoms in total. The molecule has 4 amide bonds. The minimum Gasteiger partial charge on any atom is -0.481 e. The lowest BCUT2D eigenvalue weighted by Crippen LogP contribution is -2.39. The number of aromatic carboxylic acids is 1. The predicted octanol–water partition coefficient (Wildman–Crippen LogP) is 16.4. The fraction of sp³-hybridized carbons (Fsp3) is 0.538. The number of carboxylic acids is 2. The molecule has 5 aromatic heterocycles. The van der Waals surface area contributed by atoms with Crippen molar-refractivity contribution < 1.29 is 95.2 Å². The van der Waals surface area contributed by atoms with Gasteiger partial charge in [-0.1, -0.05) is 50.0 Å². The van der Waals surface area contributed by atoms with E-state index >= 15 is 0 Å². The van der Waals surface area contributed by atoms with Gasteiger partial charge < -0.3 is 93.3 Å². The number of amides is 4. The Morgan fingerprint density at radius 3 is 1.16 bits per heavy atom. The van der Waals surface area contributed by atoms with Crippen LogP contribution < -0.4 is 16.8 Å². The molecule has 0 radical (unpaired) electrons. The van der Waals surface area contributed by atoms with E-state index in [4.69, 9.17) is 79.9 Å². The van der Waals surface area contributed by atoms with Crippen LogP contribution in [0.3, 0.4) is 0 Å². The molecular weight excluding hydrogens is 1690 g/mol. The number of oxazole rings is 2. The van der Waals surface area contributed by atoms with Crippen LogP contribution in [0.5, 0.6) is 0 Å². The third-order valence-corrected chi connectivity index (χ3v) is 21.7. The average molecular weight is 1810 g/mol. The molecule has 5 saturated carbocycles. The van der Waals surface area contributed by atoms with Crippen LogP contribution >= 0.6 is 11.6 Å². The standard InChI is InChI=1S/C23H22N4O3.C14H25N3O4.C14H23N3O3.C14H9NO3.C12H21NO4.C9H15N3O.C3H5ClO.C2H6N2O/c1-14-24-22(30-26-14)17-11-12-18(13-17)27(2)23(28)16-9-7-15(8-10-16)21-25-19-5-3-4-6-20(19)29-21;1-9(15)16-21-12(18)10-6-7-11(8-10)17(5)13(19)20-14(2,3)4;1-9-15-12(20-16-9)10-6-7-11(8-10)17(5)13(18)19-14(2,3)4;16-14(17)10-7-5-9(6-8-10)13-15-11-3-1-2-4-12(11)18-13;1-12(2,3)17-11(16)13(4)9-6-5-8(7-9)10(14)15;1-6-11-9(13-12-6)7-3-4-8(5-7)10-2;1-3(5)2-4;1-2(3)4-5/h3-10,17-18H,11-13H2,1-2H3;10-11H,6-8H2,1-5H3,(H2,15,16);10-11H,6-8H2,1-5H3;1-8H,(H,16,17);8-9H,5-7H2,1-4H3,(H,14,15);7-8,10H,3-5H2,1-2H3;2H2,1H3;5H,1H3,(H2,3,4)/t;;;;;7-,8+;;/m.....0../s1. The molecule has 129 heavy (non-hydrogen) atoms. The third-order valence-electron chi connectivity index (χ3n) is 21.3. The van der Waals surface area contributed by atoms with E-state index in [1.807, 2.05) is 175 Å². The van der Waals surface area contributed by atoms with Gasteiger partial charge in [0, 0.05) is 92.8 Å². The van der Waals surface area contributed by atoms with Gasteiger partial charge in [-0.2, -0.15) is 15.0 Å². The van der Waals surface area contributed by atoms with Gasteiger partial charge in [0.05, 0.1) is 23.3 Å². The van der Waals surface area contributed by atoms with E-state index in [0.717, 1.165) is 109 Å². The second-order valence-electron chi connectivity index (χ2n) is 35.4. The minimum absolute atomic E-state index is 0.00600. The summed E-state index contributed by atoms with van der Waals surface area (Å²) in [5.74, 6) is 4.03. The van der Waals surface area contributed by atoms with Gasteiger partial charge in [-0.15, -0.1) is 11.6 Å². The van der Waals surface area contributed by atoms with Crippen LogP contribution in [0.2, 0.25) is 0 Å². The fourth-order valence-electron chi connectivity index (χ4n) is 14.5. The number of carboxylic acid groups (broad SMARTS) is 2. The highest BCUT2D eigenvalue weighted by atomic mass is 35.5. The second-order valence-corrected chi connectivity index (χ2v) is 35.6. The Kier molecular flexibility index (Phi) is 38.7. The lowest BCUT2D eigenvalue weighted by atomic mass is 10.1. The number of halogens is 1. The topological polar surface area (TPSA) is 505 Å². The Morgan fingerprint density at radius 2 is 0.829 bits per heavy atom. The van der Waals surface area contributed by atoms with E-state index in [2.05, 4.69) is 56.0 Å². The SMILES string of the molecule is C/C(N)=N/O.C/C(N)=N/OC(=O)C1CCC(N(C)C(=O)OC(C)(C)C)C1.CC(=O)CCl.CN(C(=O)OC(C)(C)C)C1CCC(C(=O)O)C1.CN[C@@H]1CC[C@H](c2nc(C)no2)C1.Cc1noc(C2CCC(N(C)C(=O)OC(C)(C)C)C2)n1.Cc1noc(C2CCC(N(C)C(=O)c3ccc(-c4nc5ccccc5o4)cc3)C2)n1.O=C(O)c1ccc(-c2nc3ccccc3o2)cc1. The number of hydrogen-bond acceptors (Lipinski definition) is 29. The van der Waals surface area contributed by atoms with Crippen molar-refractivity contribution in [1.82, 2.24) is 65.3 Å². The number of carbonyl (C=O) groups excluding carboxylic acids is 6. The van der Waals surface area contributed by atoms with E-state index < -0.39 is 34.7 Å². The number of Topliss-reactive ketones (excluding diaryl/α,β-unsaturated/α-hetero) is 1. The van der Waals surface area contributed by atoms with Gasteiger partial charge in [0.25, 0.3) is 5.91 Å². The van der Waals surface area contributed by atoms with Crippen LogP contribution in [0.1, 0.15) is 253 Å². The van der Waals surface area contributed by atoms with Crippen LogP contribution in [-0.2, 0) is 33.4 Å². The molecule has 5 fully saturated rings. The first-order chi connectivity index (χ1) is 60.7. The molecule has 0 spiro atoms. The summed E-state index contributed by atoms with van der Waals surface area (Å²) < 4.78 is 43.1. The second kappa shape index (κ2) is 48.1. The Bertz CT molecular complexity index is 5120. The number of carbonyl (C=O) groups is 8. The van der Waals surface area contributed by atoms with Gasteiger partial charge >= 0.3 is 36.2 Å². The summed E-state index contributed by atoms with van der Waals surface area (Å²) in [6.07, 6.45) is 11.7. The number of nitrogens with one attached hydrogen (secondary N) is 1. The number of para-hydroxylation sites is 4. The monoisotopic (exact) mass is 1810 g/mol. The average Bonchev–Trinajstić information content (AvgIpc) is 1.68. The Labute approximate surface area is 756 Å². The van der Waals surface area contributed by atoms with Gasteiger partial charge in [-0.3, -0.25) is 14.4 Å². The fourth-order valence-corrected chi connectivity index (χ4v) is 14.5. The van der Waals surface area contributed by atoms with Crippen molar-refractivity contribution >= 4 is 93.3 Å². The van der Waals surface area contributed by atoms with Crippen molar-refractivity contribution in [1.29, 1.82) is 0 Å². The van der Waals surface area contributed by atoms with Gasteiger partial charge in [0.15, 0.2) is 28.6 Å². The molecule has 8 N–H and O–H groups in total. The van der Waals surface area contributed by atoms with Crippen molar-refractivity contribution in [3.63, 3.8) is 0 Å². The maximum atomic E-state index is 13.0. The van der Waals surface area contributed by atoms with Crippen molar-refractivity contribution in [2.24, 2.45) is 33.6 Å². The summed E-state index contributed by atoms with van der Waals surface area (Å²) in [5.41, 5.74) is 14.2. The third kappa shape index (κ3) is 33.3. The molecule has 0 bridgehead atoms. The first kappa shape index (κ1) is 104. The van der Waals surface area contributed by atoms with Crippen LogP contribution in [0.4, 0.5) is 14.4 Å². The number of oxime groups is 2. The molecule has 38 heteroatoms. The van der Waals surface area contributed by atoms with E-state index in [9.17, 15) is 38.4 Å². The lowest BCUT2D eigenvalue weighted by Gasteiger charge is -2.28. The number of rotatable bonds is 16. The quantitative estimate of drug-likeness (QED) is 0.00995. The molecule has 702 valence electrons. The van der Waals surface area contributed by atoms with Gasteiger partial charge in [-0.05, 0) is 280 Å². The summed E-state index contributed by atoms with van der Waals surface area (Å²) in [5, 5.41) is 46.2. The van der Waals surface area contributed by atoms with Crippen LogP contribution in [0.25, 0.3) is 45.1 Å². The van der Waals surface area contributed by atoms with Gasteiger partial charge in [0.1, 0.15) is 45.3 Å². The zero-order chi connectivity index (χ0) is 95.4. The largest absolute Gasteiger partial charge is 0.481 e. The minimum atomic E-state index is -0.945. The molecule has 14 rings (SSSR count). The number of aromatic nitrogens is 8. The number of aryl methyl sites for hydroxylation is 3. The normalized spacial score (nSPS) is 19.9. The molecule has 9 aromatic rings. The maximum Gasteiger partial charge on any atom is 0.410 e. The number of hydrogen-bond donors (Lipinski definition) is 6. The summed E-state index contributed by atoms with van der Waals surface area (Å²) in [7, 11) is 9.02. The van der Waals surface area contributed by atoms with Gasteiger partial charge in [0.2, 0.25) is 29.5 Å². The highest BCUT2D eigenvalue weighted by Gasteiger charge is 2.40. The van der Waals surface area contributed by atoms with Gasteiger partial charge in [-0.25, -0.2) is 33.9 Å². The molecule has 0 saturated heterocycles. The number of amidine groups is 2. The number of benzene rings is 4. The molecular formula is C91H126ClN17O20. The van der Waals surface area contributed by atoms with Crippen LogP contribution in [0, 0.1) is 32.6 Å². The number of nitrogens with zero attached hydrogens (tertiary/aromatic N) is 14. The molecule has 5 heterocycles. The van der Waals surface area contributed by atoms with Crippen molar-refractivity contribution in [2.75, 3.05) is 41.1 Å².